The fourth-order valence-corrected chi connectivity index (χ4v) is 3.61. The lowest BCUT2D eigenvalue weighted by molar-refractivity contribution is 0.240. The van der Waals surface area contributed by atoms with Crippen molar-refractivity contribution < 1.29 is 4.74 Å². The van der Waals surface area contributed by atoms with Gasteiger partial charge in [0.05, 0.1) is 23.8 Å². The Morgan fingerprint density at radius 1 is 1.08 bits per heavy atom. The van der Waals surface area contributed by atoms with Crippen LogP contribution in [0.25, 0.3) is 21.8 Å². The molecule has 3 rings (SSSR count). The molecule has 0 radical (unpaired) electrons. The molecular weight excluding hydrogens is 346 g/mol. The minimum Gasteiger partial charge on any atom is -0.497 e. The number of fused-ring (bicyclic) bond motifs is 2. The number of benzene rings is 2. The molecule has 4 nitrogen and oxygen atoms in total. The summed E-state index contributed by atoms with van der Waals surface area (Å²) in [6.45, 7) is 9.59. The van der Waals surface area contributed by atoms with Gasteiger partial charge in [-0.2, -0.15) is 0 Å². The Bertz CT molecular complexity index is 909. The lowest BCUT2D eigenvalue weighted by Gasteiger charge is -2.27. The molecule has 5 heteroatoms. The summed E-state index contributed by atoms with van der Waals surface area (Å²) in [4.78, 5) is 7.22. The zero-order valence-corrected chi connectivity index (χ0v) is 16.6. The molecule has 1 heterocycles. The molecule has 1 atom stereocenters. The third kappa shape index (κ3) is 3.71. The smallest absolute Gasteiger partial charge is 0.119 e. The van der Waals surface area contributed by atoms with E-state index in [-0.39, 0.29) is 0 Å². The first-order valence-corrected chi connectivity index (χ1v) is 9.50. The molecule has 0 bridgehead atoms. The Morgan fingerprint density at radius 3 is 2.54 bits per heavy atom. The van der Waals surface area contributed by atoms with Crippen LogP contribution in [0, 0.1) is 0 Å². The Hall–Kier alpha value is -2.04. The lowest BCUT2D eigenvalue weighted by Crippen LogP contribution is -2.37. The first-order chi connectivity index (χ1) is 12.6. The molecule has 0 aliphatic rings. The average Bonchev–Trinajstić information content (AvgIpc) is 2.65. The van der Waals surface area contributed by atoms with E-state index in [0.717, 1.165) is 52.9 Å². The molecule has 138 valence electrons. The van der Waals surface area contributed by atoms with Crippen molar-refractivity contribution in [1.29, 1.82) is 0 Å². The van der Waals surface area contributed by atoms with Crippen LogP contribution in [0.1, 0.15) is 20.8 Å². The average molecular weight is 372 g/mol. The number of hydrogen-bond donors (Lipinski definition) is 1. The number of nitrogens with zero attached hydrogens (tertiary/aromatic N) is 2. The van der Waals surface area contributed by atoms with Crippen molar-refractivity contribution >= 4 is 39.1 Å². The zero-order valence-electron chi connectivity index (χ0n) is 15.8. The second kappa shape index (κ2) is 8.11. The summed E-state index contributed by atoms with van der Waals surface area (Å²) < 4.78 is 5.42. The second-order valence-electron chi connectivity index (χ2n) is 6.48. The van der Waals surface area contributed by atoms with Gasteiger partial charge in [-0.15, -0.1) is 0 Å². The third-order valence-corrected chi connectivity index (χ3v) is 5.19. The van der Waals surface area contributed by atoms with Crippen LogP contribution in [-0.4, -0.2) is 42.7 Å². The Balaban J connectivity index is 2.09. The van der Waals surface area contributed by atoms with Crippen LogP contribution in [-0.2, 0) is 0 Å². The molecule has 0 saturated carbocycles. The fraction of sp³-hybridized carbons (Fsp3) is 0.381. The molecule has 0 amide bonds. The standard InChI is InChI=1S/C21H26ClN3O/c1-5-25(6-2)14(3)13-23-21-17-9-7-15(22)11-20(17)24-19-10-8-16(26-4)12-18(19)21/h7-12,14H,5-6,13H2,1-4H3,(H,23,24). The molecule has 1 aromatic heterocycles. The van der Waals surface area contributed by atoms with Crippen molar-refractivity contribution in [3.63, 3.8) is 0 Å². The Morgan fingerprint density at radius 2 is 1.85 bits per heavy atom. The number of ether oxygens (including phenoxy) is 1. The number of halogens is 1. The van der Waals surface area contributed by atoms with E-state index in [2.05, 4.69) is 31.0 Å². The van der Waals surface area contributed by atoms with Crippen LogP contribution >= 0.6 is 11.6 Å². The van der Waals surface area contributed by atoms with Crippen LogP contribution in [0.2, 0.25) is 5.02 Å². The number of pyridine rings is 1. The van der Waals surface area contributed by atoms with Crippen molar-refractivity contribution in [1.82, 2.24) is 9.88 Å². The van der Waals surface area contributed by atoms with E-state index in [1.807, 2.05) is 36.4 Å². The minimum atomic E-state index is 0.432. The molecule has 2 aromatic carbocycles. The Labute approximate surface area is 160 Å². The van der Waals surface area contributed by atoms with Gasteiger partial charge in [0.15, 0.2) is 0 Å². The summed E-state index contributed by atoms with van der Waals surface area (Å²) in [7, 11) is 1.69. The molecule has 0 aliphatic carbocycles. The molecule has 0 spiro atoms. The number of anilines is 1. The minimum absolute atomic E-state index is 0.432. The first kappa shape index (κ1) is 18.7. The highest BCUT2D eigenvalue weighted by Crippen LogP contribution is 2.34. The van der Waals surface area contributed by atoms with Gasteiger partial charge >= 0.3 is 0 Å². The van der Waals surface area contributed by atoms with Crippen molar-refractivity contribution in [3.05, 3.63) is 41.4 Å². The van der Waals surface area contributed by atoms with Crippen LogP contribution in [0.4, 0.5) is 5.69 Å². The van der Waals surface area contributed by atoms with Gasteiger partial charge in [0, 0.05) is 28.4 Å². The van der Waals surface area contributed by atoms with Gasteiger partial charge in [-0.3, -0.25) is 4.90 Å². The van der Waals surface area contributed by atoms with Gasteiger partial charge in [-0.1, -0.05) is 25.4 Å². The van der Waals surface area contributed by atoms with Crippen LogP contribution in [0.3, 0.4) is 0 Å². The van der Waals surface area contributed by atoms with Gasteiger partial charge < -0.3 is 10.1 Å². The molecule has 1 unspecified atom stereocenters. The maximum absolute atomic E-state index is 6.19. The van der Waals surface area contributed by atoms with E-state index in [4.69, 9.17) is 21.3 Å². The molecule has 0 saturated heterocycles. The zero-order chi connectivity index (χ0) is 18.7. The molecule has 26 heavy (non-hydrogen) atoms. The van der Waals surface area contributed by atoms with Crippen molar-refractivity contribution in [2.45, 2.75) is 26.8 Å². The highest BCUT2D eigenvalue weighted by atomic mass is 35.5. The topological polar surface area (TPSA) is 37.4 Å². The normalized spacial score (nSPS) is 12.7. The number of aromatic nitrogens is 1. The number of nitrogens with one attached hydrogen (secondary N) is 1. The second-order valence-corrected chi connectivity index (χ2v) is 6.92. The lowest BCUT2D eigenvalue weighted by atomic mass is 10.1. The van der Waals surface area contributed by atoms with Gasteiger partial charge in [-0.05, 0) is 56.4 Å². The van der Waals surface area contributed by atoms with E-state index in [9.17, 15) is 0 Å². The maximum atomic E-state index is 6.19. The summed E-state index contributed by atoms with van der Waals surface area (Å²) in [6.07, 6.45) is 0. The monoisotopic (exact) mass is 371 g/mol. The van der Waals surface area contributed by atoms with Crippen molar-refractivity contribution in [2.24, 2.45) is 0 Å². The van der Waals surface area contributed by atoms with E-state index in [1.165, 1.54) is 0 Å². The number of likely N-dealkylation sites (N-methyl/N-ethyl adjacent to an activating group) is 1. The molecule has 3 aromatic rings. The third-order valence-electron chi connectivity index (χ3n) is 4.95. The van der Waals surface area contributed by atoms with Gasteiger partial charge in [0.2, 0.25) is 0 Å². The van der Waals surface area contributed by atoms with E-state index in [1.54, 1.807) is 7.11 Å². The molecular formula is C21H26ClN3O. The summed E-state index contributed by atoms with van der Waals surface area (Å²) in [5.74, 6) is 0.826. The van der Waals surface area contributed by atoms with Crippen LogP contribution in [0.5, 0.6) is 5.75 Å². The van der Waals surface area contributed by atoms with Gasteiger partial charge in [-0.25, -0.2) is 4.98 Å². The van der Waals surface area contributed by atoms with E-state index in [0.29, 0.717) is 11.1 Å². The number of rotatable bonds is 7. The highest BCUT2D eigenvalue weighted by molar-refractivity contribution is 6.31. The maximum Gasteiger partial charge on any atom is 0.119 e. The fourth-order valence-electron chi connectivity index (χ4n) is 3.44. The summed E-state index contributed by atoms with van der Waals surface area (Å²) in [5.41, 5.74) is 2.91. The summed E-state index contributed by atoms with van der Waals surface area (Å²) >= 11 is 6.19. The SMILES string of the molecule is CCN(CC)C(C)CNc1c2ccc(Cl)cc2nc2ccc(OC)cc12. The Kier molecular flexibility index (Phi) is 5.84. The molecule has 0 aliphatic heterocycles. The summed E-state index contributed by atoms with van der Waals surface area (Å²) in [6, 6.07) is 12.3. The van der Waals surface area contributed by atoms with Gasteiger partial charge in [0.25, 0.3) is 0 Å². The van der Waals surface area contributed by atoms with Crippen molar-refractivity contribution in [2.75, 3.05) is 32.1 Å². The predicted octanol–water partition coefficient (Wildman–Crippen LogP) is 5.19. The number of methoxy groups -OCH3 is 1. The van der Waals surface area contributed by atoms with E-state index < -0.39 is 0 Å². The largest absolute Gasteiger partial charge is 0.497 e. The van der Waals surface area contributed by atoms with E-state index >= 15 is 0 Å². The van der Waals surface area contributed by atoms with Gasteiger partial charge in [0.1, 0.15) is 5.75 Å². The van der Waals surface area contributed by atoms with Crippen LogP contribution in [0.15, 0.2) is 36.4 Å². The molecule has 0 fully saturated rings. The van der Waals surface area contributed by atoms with Crippen molar-refractivity contribution in [3.8, 4) is 5.75 Å². The highest BCUT2D eigenvalue weighted by Gasteiger charge is 2.14. The number of hydrogen-bond acceptors (Lipinski definition) is 4. The summed E-state index contributed by atoms with van der Waals surface area (Å²) in [5, 5.41) is 6.50. The van der Waals surface area contributed by atoms with Crippen LogP contribution < -0.4 is 10.1 Å². The quantitative estimate of drug-likeness (QED) is 0.580. The first-order valence-electron chi connectivity index (χ1n) is 9.12. The predicted molar refractivity (Wildman–Crippen MR) is 112 cm³/mol. The molecule has 1 N–H and O–H groups in total.